The summed E-state index contributed by atoms with van der Waals surface area (Å²) in [6, 6.07) is 5.14. The Morgan fingerprint density at radius 3 is 2.53 bits per heavy atom. The minimum atomic E-state index is -0.557. The Morgan fingerprint density at radius 2 is 2.05 bits per heavy atom. The average molecular weight is 287 g/mol. The van der Waals surface area contributed by atoms with E-state index in [2.05, 4.69) is 5.32 Å². The van der Waals surface area contributed by atoms with Crippen molar-refractivity contribution in [3.63, 3.8) is 0 Å². The fourth-order valence-corrected chi connectivity index (χ4v) is 1.61. The normalized spacial score (nSPS) is 12.9. The highest BCUT2D eigenvalue weighted by molar-refractivity contribution is 6.33. The first kappa shape index (κ1) is 15.8. The Kier molecular flexibility index (Phi) is 5.17. The Balaban J connectivity index is 2.78. The van der Waals surface area contributed by atoms with Crippen LogP contribution in [0, 0.1) is 0 Å². The van der Waals surface area contributed by atoms with Gasteiger partial charge in [-0.2, -0.15) is 0 Å². The van der Waals surface area contributed by atoms with Gasteiger partial charge in [0.25, 0.3) is 0 Å². The number of rotatable bonds is 3. The lowest BCUT2D eigenvalue weighted by molar-refractivity contribution is 0.0636. The number of carbonyl (C=O) groups excluding carboxylic acids is 1. The average Bonchev–Trinajstić information content (AvgIpc) is 2.28. The molecular weight excluding hydrogens is 268 g/mol. The van der Waals surface area contributed by atoms with Gasteiger partial charge in [-0.3, -0.25) is 10.2 Å². The molecule has 0 aliphatic heterocycles. The fourth-order valence-electron chi connectivity index (χ4n) is 1.38. The Bertz CT molecular complexity index is 458. The van der Waals surface area contributed by atoms with Gasteiger partial charge in [0, 0.05) is 0 Å². The molecule has 0 aliphatic rings. The lowest BCUT2D eigenvalue weighted by atomic mass is 10.1. The molecule has 6 heteroatoms. The Hall–Kier alpha value is -1.30. The molecule has 1 amide bonds. The Labute approximate surface area is 118 Å². The van der Waals surface area contributed by atoms with Crippen LogP contribution in [0.2, 0.25) is 5.02 Å². The van der Waals surface area contributed by atoms with Crippen molar-refractivity contribution in [2.75, 3.05) is 5.32 Å². The van der Waals surface area contributed by atoms with Crippen LogP contribution in [0.5, 0.6) is 0 Å². The summed E-state index contributed by atoms with van der Waals surface area (Å²) in [6.45, 7) is 7.17. The summed E-state index contributed by atoms with van der Waals surface area (Å²) >= 11 is 6.08. The van der Waals surface area contributed by atoms with E-state index in [4.69, 9.17) is 27.1 Å². The third kappa shape index (κ3) is 5.06. The molecule has 3 N–H and O–H groups in total. The van der Waals surface area contributed by atoms with Gasteiger partial charge in [-0.25, -0.2) is 10.7 Å². The van der Waals surface area contributed by atoms with E-state index < -0.39 is 11.7 Å². The Morgan fingerprint density at radius 1 is 1.42 bits per heavy atom. The van der Waals surface area contributed by atoms with Gasteiger partial charge >= 0.3 is 6.09 Å². The number of hydrogen-bond acceptors (Lipinski definition) is 4. The molecule has 1 rings (SSSR count). The summed E-state index contributed by atoms with van der Waals surface area (Å²) in [6.07, 6.45) is -0.821. The van der Waals surface area contributed by atoms with E-state index in [1.54, 1.807) is 45.9 Å². The number of nitrogens with one attached hydrogen (secondary N) is 1. The molecule has 0 saturated heterocycles. The van der Waals surface area contributed by atoms with Crippen molar-refractivity contribution in [1.82, 2.24) is 0 Å². The van der Waals surface area contributed by atoms with Crippen LogP contribution in [0.15, 0.2) is 18.2 Å². The monoisotopic (exact) mass is 286 g/mol. The second-order valence-electron chi connectivity index (χ2n) is 5.14. The fraction of sp³-hybridized carbons (Fsp3) is 0.462. The van der Waals surface area contributed by atoms with Gasteiger partial charge in [-0.1, -0.05) is 17.7 Å². The third-order valence-electron chi connectivity index (χ3n) is 2.30. The summed E-state index contributed by atoms with van der Waals surface area (Å²) in [5, 5.41) is 2.98. The number of hydrogen-bond donors (Lipinski definition) is 2. The van der Waals surface area contributed by atoms with E-state index in [0.29, 0.717) is 10.7 Å². The maximum atomic E-state index is 11.6. The van der Waals surface area contributed by atoms with Gasteiger partial charge < -0.3 is 4.74 Å². The van der Waals surface area contributed by atoms with E-state index in [-0.39, 0.29) is 6.10 Å². The van der Waals surface area contributed by atoms with Crippen molar-refractivity contribution in [2.45, 2.75) is 39.4 Å². The van der Waals surface area contributed by atoms with Crippen molar-refractivity contribution < 1.29 is 14.4 Å². The van der Waals surface area contributed by atoms with Gasteiger partial charge in [0.2, 0.25) is 0 Å². The zero-order valence-electron chi connectivity index (χ0n) is 11.5. The molecule has 19 heavy (non-hydrogen) atoms. The van der Waals surface area contributed by atoms with E-state index in [9.17, 15) is 4.79 Å². The predicted octanol–water partition coefficient (Wildman–Crippen LogP) is 3.64. The zero-order chi connectivity index (χ0) is 14.6. The molecule has 1 atom stereocenters. The number of ether oxygens (including phenoxy) is 1. The van der Waals surface area contributed by atoms with Crippen molar-refractivity contribution in [2.24, 2.45) is 5.90 Å². The summed E-state index contributed by atoms with van der Waals surface area (Å²) in [4.78, 5) is 16.3. The first-order chi connectivity index (χ1) is 8.73. The maximum absolute atomic E-state index is 11.6. The lowest BCUT2D eigenvalue weighted by Crippen LogP contribution is -2.27. The molecule has 1 unspecified atom stereocenters. The SMILES string of the molecule is CC(ON)c1ccc(NC(=O)OC(C)(C)C)c(Cl)c1. The first-order valence-corrected chi connectivity index (χ1v) is 6.25. The number of carbonyl (C=O) groups is 1. The molecule has 1 aromatic carbocycles. The van der Waals surface area contributed by atoms with Gasteiger partial charge in [0.05, 0.1) is 10.7 Å². The zero-order valence-corrected chi connectivity index (χ0v) is 12.2. The molecule has 0 bridgehead atoms. The van der Waals surface area contributed by atoms with Crippen molar-refractivity contribution in [3.8, 4) is 0 Å². The molecule has 0 heterocycles. The maximum Gasteiger partial charge on any atom is 0.412 e. The summed E-state index contributed by atoms with van der Waals surface area (Å²) < 4.78 is 5.14. The largest absolute Gasteiger partial charge is 0.444 e. The van der Waals surface area contributed by atoms with Gasteiger partial charge in [-0.05, 0) is 45.4 Å². The molecular formula is C13H19ClN2O3. The van der Waals surface area contributed by atoms with Crippen molar-refractivity contribution >= 4 is 23.4 Å². The van der Waals surface area contributed by atoms with Gasteiger partial charge in [-0.15, -0.1) is 0 Å². The molecule has 0 fully saturated rings. The summed E-state index contributed by atoms with van der Waals surface area (Å²) in [5.41, 5.74) is 0.740. The van der Waals surface area contributed by atoms with Crippen LogP contribution in [0.1, 0.15) is 39.4 Å². The van der Waals surface area contributed by atoms with Crippen LogP contribution in [-0.4, -0.2) is 11.7 Å². The van der Waals surface area contributed by atoms with E-state index in [1.165, 1.54) is 0 Å². The number of amides is 1. The predicted molar refractivity (Wildman–Crippen MR) is 75.0 cm³/mol. The second-order valence-corrected chi connectivity index (χ2v) is 5.55. The minimum Gasteiger partial charge on any atom is -0.444 e. The molecule has 5 nitrogen and oxygen atoms in total. The van der Waals surface area contributed by atoms with Crippen LogP contribution in [0.4, 0.5) is 10.5 Å². The van der Waals surface area contributed by atoms with E-state index >= 15 is 0 Å². The number of benzene rings is 1. The molecule has 0 aromatic heterocycles. The second kappa shape index (κ2) is 6.23. The number of halogens is 1. The molecule has 0 aliphatic carbocycles. The van der Waals surface area contributed by atoms with Crippen LogP contribution >= 0.6 is 11.6 Å². The molecule has 106 valence electrons. The number of nitrogens with two attached hydrogens (primary N) is 1. The van der Waals surface area contributed by atoms with Gasteiger partial charge in [0.15, 0.2) is 0 Å². The summed E-state index contributed by atoms with van der Waals surface area (Å²) in [7, 11) is 0. The van der Waals surface area contributed by atoms with E-state index in [0.717, 1.165) is 5.56 Å². The van der Waals surface area contributed by atoms with Crippen LogP contribution < -0.4 is 11.2 Å². The smallest absolute Gasteiger partial charge is 0.412 e. The van der Waals surface area contributed by atoms with Crippen LogP contribution in [0.25, 0.3) is 0 Å². The minimum absolute atomic E-state index is 0.270. The lowest BCUT2D eigenvalue weighted by Gasteiger charge is -2.20. The number of anilines is 1. The molecule has 0 saturated carbocycles. The quantitative estimate of drug-likeness (QED) is 0.832. The van der Waals surface area contributed by atoms with Crippen LogP contribution in [-0.2, 0) is 9.57 Å². The standard InChI is InChI=1S/C13H19ClN2O3/c1-8(19-15)9-5-6-11(10(14)7-9)16-12(17)18-13(2,3)4/h5-8H,15H2,1-4H3,(H,16,17). The highest BCUT2D eigenvalue weighted by Crippen LogP contribution is 2.27. The highest BCUT2D eigenvalue weighted by Gasteiger charge is 2.17. The summed E-state index contributed by atoms with van der Waals surface area (Å²) in [5.74, 6) is 5.11. The molecule has 1 aromatic rings. The topological polar surface area (TPSA) is 73.6 Å². The first-order valence-electron chi connectivity index (χ1n) is 5.88. The van der Waals surface area contributed by atoms with Crippen molar-refractivity contribution in [1.29, 1.82) is 0 Å². The van der Waals surface area contributed by atoms with Gasteiger partial charge in [0.1, 0.15) is 11.7 Å². The van der Waals surface area contributed by atoms with Crippen molar-refractivity contribution in [3.05, 3.63) is 28.8 Å². The van der Waals surface area contributed by atoms with E-state index in [1.807, 2.05) is 0 Å². The highest BCUT2D eigenvalue weighted by atomic mass is 35.5. The van der Waals surface area contributed by atoms with Crippen LogP contribution in [0.3, 0.4) is 0 Å². The molecule has 0 radical (unpaired) electrons. The molecule has 0 spiro atoms. The third-order valence-corrected chi connectivity index (χ3v) is 2.62.